The van der Waals surface area contributed by atoms with E-state index in [2.05, 4.69) is 4.98 Å². The van der Waals surface area contributed by atoms with Gasteiger partial charge in [-0.15, -0.1) is 0 Å². The average Bonchev–Trinajstić information content (AvgIpc) is 2.80. The molecule has 0 radical (unpaired) electrons. The number of aromatic nitrogens is 2. The fraction of sp³-hybridized carbons (Fsp3) is 0.0714. The minimum absolute atomic E-state index is 0.0554. The molecule has 3 aromatic rings. The molecule has 0 saturated heterocycles. The van der Waals surface area contributed by atoms with Gasteiger partial charge in [0.1, 0.15) is 5.65 Å². The highest BCUT2D eigenvalue weighted by Crippen LogP contribution is 2.36. The van der Waals surface area contributed by atoms with Gasteiger partial charge in [0.15, 0.2) is 0 Å². The van der Waals surface area contributed by atoms with Crippen LogP contribution < -0.4 is 0 Å². The Bertz CT molecular complexity index is 777. The van der Waals surface area contributed by atoms with Crippen LogP contribution in [0.15, 0.2) is 48.8 Å². The van der Waals surface area contributed by atoms with Gasteiger partial charge < -0.3 is 4.40 Å². The summed E-state index contributed by atoms with van der Waals surface area (Å²) in [5.41, 5.74) is 0.124. The van der Waals surface area contributed by atoms with Gasteiger partial charge in [-0.05, 0) is 12.1 Å². The number of nitrogens with zero attached hydrogens (tertiary/aromatic N) is 2. The first-order valence-electron chi connectivity index (χ1n) is 5.76. The van der Waals surface area contributed by atoms with Crippen molar-refractivity contribution >= 4 is 17.2 Å². The summed E-state index contributed by atoms with van der Waals surface area (Å²) in [5.74, 6) is 0. The summed E-state index contributed by atoms with van der Waals surface area (Å²) in [6.45, 7) is 0. The van der Waals surface area contributed by atoms with Gasteiger partial charge in [-0.1, -0.05) is 29.8 Å². The standard InChI is InChI=1S/C14H8ClF3N2/c15-9-5-6-20-8-12(19-13(20)7-9)10-3-1-2-4-11(10)14(16,17)18/h1-8H. The van der Waals surface area contributed by atoms with Gasteiger partial charge in [-0.3, -0.25) is 0 Å². The molecule has 0 fully saturated rings. The zero-order valence-corrected chi connectivity index (χ0v) is 10.8. The fourth-order valence-corrected chi connectivity index (χ4v) is 2.19. The Morgan fingerprint density at radius 2 is 1.85 bits per heavy atom. The van der Waals surface area contributed by atoms with Gasteiger partial charge in [0.2, 0.25) is 0 Å². The SMILES string of the molecule is FC(F)(F)c1ccccc1-c1cn2ccc(Cl)cc2n1. The van der Waals surface area contributed by atoms with Crippen LogP contribution in [0.25, 0.3) is 16.9 Å². The number of rotatable bonds is 1. The quantitative estimate of drug-likeness (QED) is 0.637. The highest BCUT2D eigenvalue weighted by atomic mass is 35.5. The van der Waals surface area contributed by atoms with Crippen molar-refractivity contribution in [3.05, 3.63) is 59.4 Å². The van der Waals surface area contributed by atoms with Gasteiger partial charge in [0.05, 0.1) is 11.3 Å². The first kappa shape index (κ1) is 13.0. The van der Waals surface area contributed by atoms with E-state index in [9.17, 15) is 13.2 Å². The van der Waals surface area contributed by atoms with Crippen LogP contribution >= 0.6 is 11.6 Å². The second kappa shape index (κ2) is 4.52. The summed E-state index contributed by atoms with van der Waals surface area (Å²) >= 11 is 5.84. The molecule has 0 aliphatic rings. The topological polar surface area (TPSA) is 17.3 Å². The normalized spacial score (nSPS) is 12.0. The Labute approximate surface area is 117 Å². The van der Waals surface area contributed by atoms with E-state index in [-0.39, 0.29) is 11.3 Å². The molecule has 0 spiro atoms. The van der Waals surface area contributed by atoms with Crippen molar-refractivity contribution in [3.8, 4) is 11.3 Å². The Kier molecular flexibility index (Phi) is 2.94. The summed E-state index contributed by atoms with van der Waals surface area (Å²) < 4.78 is 40.6. The van der Waals surface area contributed by atoms with E-state index < -0.39 is 11.7 Å². The summed E-state index contributed by atoms with van der Waals surface area (Å²) in [4.78, 5) is 4.20. The van der Waals surface area contributed by atoms with Crippen LogP contribution in [0, 0.1) is 0 Å². The zero-order valence-electron chi connectivity index (χ0n) is 10.0. The molecule has 0 bridgehead atoms. The molecule has 1 aromatic carbocycles. The van der Waals surface area contributed by atoms with Gasteiger partial charge >= 0.3 is 6.18 Å². The van der Waals surface area contributed by atoms with Crippen molar-refractivity contribution in [1.82, 2.24) is 9.38 Å². The van der Waals surface area contributed by atoms with Crippen molar-refractivity contribution in [2.75, 3.05) is 0 Å². The van der Waals surface area contributed by atoms with E-state index in [1.54, 1.807) is 35.0 Å². The molecule has 0 amide bonds. The molecule has 0 saturated carbocycles. The van der Waals surface area contributed by atoms with Gasteiger partial charge in [-0.2, -0.15) is 13.2 Å². The van der Waals surface area contributed by atoms with Gasteiger partial charge in [0, 0.05) is 29.0 Å². The first-order chi connectivity index (χ1) is 9.45. The lowest BCUT2D eigenvalue weighted by molar-refractivity contribution is -0.137. The van der Waals surface area contributed by atoms with E-state index >= 15 is 0 Å². The maximum Gasteiger partial charge on any atom is 0.417 e. The van der Waals surface area contributed by atoms with Crippen molar-refractivity contribution in [3.63, 3.8) is 0 Å². The first-order valence-corrected chi connectivity index (χ1v) is 6.14. The average molecular weight is 297 g/mol. The Hall–Kier alpha value is -2.01. The second-order valence-electron chi connectivity index (χ2n) is 4.28. The third-order valence-electron chi connectivity index (χ3n) is 2.93. The third-order valence-corrected chi connectivity index (χ3v) is 3.17. The predicted octanol–water partition coefficient (Wildman–Crippen LogP) is 4.67. The monoisotopic (exact) mass is 296 g/mol. The van der Waals surface area contributed by atoms with Crippen LogP contribution in [-0.4, -0.2) is 9.38 Å². The van der Waals surface area contributed by atoms with Crippen molar-refractivity contribution < 1.29 is 13.2 Å². The highest BCUT2D eigenvalue weighted by molar-refractivity contribution is 6.30. The Balaban J connectivity index is 2.21. The minimum atomic E-state index is -4.41. The van der Waals surface area contributed by atoms with E-state index in [1.165, 1.54) is 12.1 Å². The summed E-state index contributed by atoms with van der Waals surface area (Å²) in [7, 11) is 0. The fourth-order valence-electron chi connectivity index (χ4n) is 2.04. The van der Waals surface area contributed by atoms with Crippen molar-refractivity contribution in [2.24, 2.45) is 0 Å². The molecule has 2 heterocycles. The van der Waals surface area contributed by atoms with Gasteiger partial charge in [-0.25, -0.2) is 4.98 Å². The molecule has 6 heteroatoms. The predicted molar refractivity (Wildman–Crippen MR) is 70.6 cm³/mol. The number of imidazole rings is 1. The minimum Gasteiger partial charge on any atom is -0.306 e. The summed E-state index contributed by atoms with van der Waals surface area (Å²) in [6, 6.07) is 8.62. The molecule has 0 atom stereocenters. The molecule has 0 unspecified atom stereocenters. The number of hydrogen-bond acceptors (Lipinski definition) is 1. The van der Waals surface area contributed by atoms with E-state index in [4.69, 9.17) is 11.6 Å². The second-order valence-corrected chi connectivity index (χ2v) is 4.72. The maximum absolute atomic E-state index is 13.0. The molecule has 2 nitrogen and oxygen atoms in total. The number of benzene rings is 1. The third kappa shape index (κ3) is 2.25. The molecular formula is C14H8ClF3N2. The lowest BCUT2D eigenvalue weighted by Crippen LogP contribution is -2.06. The van der Waals surface area contributed by atoms with Crippen molar-refractivity contribution in [1.29, 1.82) is 0 Å². The van der Waals surface area contributed by atoms with Crippen LogP contribution in [0.1, 0.15) is 5.56 Å². The number of hydrogen-bond donors (Lipinski definition) is 0. The Morgan fingerprint density at radius 1 is 1.10 bits per heavy atom. The maximum atomic E-state index is 13.0. The van der Waals surface area contributed by atoms with Crippen molar-refractivity contribution in [2.45, 2.75) is 6.18 Å². The number of fused-ring (bicyclic) bond motifs is 1. The lowest BCUT2D eigenvalue weighted by atomic mass is 10.1. The number of pyridine rings is 1. The van der Waals surface area contributed by atoms with E-state index in [0.717, 1.165) is 6.07 Å². The summed E-state index contributed by atoms with van der Waals surface area (Å²) in [6.07, 6.45) is -1.20. The highest BCUT2D eigenvalue weighted by Gasteiger charge is 2.33. The molecular weight excluding hydrogens is 289 g/mol. The number of halogens is 4. The largest absolute Gasteiger partial charge is 0.417 e. The molecule has 0 aliphatic carbocycles. The molecule has 0 aliphatic heterocycles. The van der Waals surface area contributed by atoms with E-state index in [1.807, 2.05) is 0 Å². The molecule has 2 aromatic heterocycles. The molecule has 3 rings (SSSR count). The molecule has 0 N–H and O–H groups in total. The zero-order chi connectivity index (χ0) is 14.3. The van der Waals surface area contributed by atoms with Crippen LogP contribution in [-0.2, 0) is 6.18 Å². The van der Waals surface area contributed by atoms with Gasteiger partial charge in [0.25, 0.3) is 0 Å². The van der Waals surface area contributed by atoms with E-state index in [0.29, 0.717) is 10.7 Å². The Morgan fingerprint density at radius 3 is 2.60 bits per heavy atom. The van der Waals surface area contributed by atoms with Crippen LogP contribution in [0.4, 0.5) is 13.2 Å². The molecule has 20 heavy (non-hydrogen) atoms. The van der Waals surface area contributed by atoms with Crippen LogP contribution in [0.5, 0.6) is 0 Å². The lowest BCUT2D eigenvalue weighted by Gasteiger charge is -2.10. The van der Waals surface area contributed by atoms with Crippen LogP contribution in [0.3, 0.4) is 0 Å². The van der Waals surface area contributed by atoms with Crippen LogP contribution in [0.2, 0.25) is 5.02 Å². The number of alkyl halides is 3. The molecule has 102 valence electrons. The smallest absolute Gasteiger partial charge is 0.306 e. The summed E-state index contributed by atoms with van der Waals surface area (Å²) in [5, 5.41) is 0.485.